The number of halogens is 2. The van der Waals surface area contributed by atoms with Crippen LogP contribution in [-0.2, 0) is 6.54 Å². The highest BCUT2D eigenvalue weighted by Gasteiger charge is 2.13. The minimum Gasteiger partial charge on any atom is -0.298 e. The van der Waals surface area contributed by atoms with E-state index in [1.165, 1.54) is 6.07 Å². The van der Waals surface area contributed by atoms with Gasteiger partial charge >= 0.3 is 0 Å². The van der Waals surface area contributed by atoms with Gasteiger partial charge in [-0.05, 0) is 25.6 Å². The molecule has 1 aromatic rings. The van der Waals surface area contributed by atoms with Gasteiger partial charge in [-0.1, -0.05) is 24.6 Å². The molecule has 0 radical (unpaired) electrons. The van der Waals surface area contributed by atoms with E-state index >= 15 is 0 Å². The van der Waals surface area contributed by atoms with Gasteiger partial charge in [0.15, 0.2) is 0 Å². The van der Waals surface area contributed by atoms with Crippen molar-refractivity contribution in [3.63, 3.8) is 0 Å². The van der Waals surface area contributed by atoms with Gasteiger partial charge in [0.25, 0.3) is 0 Å². The molecule has 0 fully saturated rings. The lowest BCUT2D eigenvalue weighted by atomic mass is 10.1. The average molecular weight is 255 g/mol. The van der Waals surface area contributed by atoms with Crippen LogP contribution in [0.25, 0.3) is 0 Å². The van der Waals surface area contributed by atoms with Crippen LogP contribution in [0.1, 0.15) is 19.4 Å². The third-order valence-corrected chi connectivity index (χ3v) is 3.00. The van der Waals surface area contributed by atoms with Crippen molar-refractivity contribution < 1.29 is 4.39 Å². The Morgan fingerprint density at radius 2 is 2.24 bits per heavy atom. The molecule has 0 bridgehead atoms. The summed E-state index contributed by atoms with van der Waals surface area (Å²) in [7, 11) is 0. The average Bonchev–Trinajstić information content (AvgIpc) is 2.32. The Balaban J connectivity index is 2.78. The van der Waals surface area contributed by atoms with Crippen molar-refractivity contribution in [3.05, 3.63) is 34.6 Å². The fraction of sp³-hybridized carbons (Fsp3) is 0.462. The number of rotatable bonds is 5. The molecule has 0 aromatic heterocycles. The fourth-order valence-electron chi connectivity index (χ4n) is 1.64. The maximum absolute atomic E-state index is 13.6. The fourth-order valence-corrected chi connectivity index (χ4v) is 1.86. The lowest BCUT2D eigenvalue weighted by Gasteiger charge is -2.22. The van der Waals surface area contributed by atoms with Crippen molar-refractivity contribution in [2.45, 2.75) is 20.4 Å². The van der Waals surface area contributed by atoms with Crippen LogP contribution in [0.3, 0.4) is 0 Å². The number of benzene rings is 1. The van der Waals surface area contributed by atoms with Crippen LogP contribution in [0.15, 0.2) is 18.2 Å². The Kier molecular flexibility index (Phi) is 5.40. The number of nitrogens with zero attached hydrogens (tertiary/aromatic N) is 2. The Bertz CT molecular complexity index is 394. The first-order valence-electron chi connectivity index (χ1n) is 5.63. The van der Waals surface area contributed by atoms with Crippen LogP contribution >= 0.6 is 11.6 Å². The molecule has 1 atom stereocenters. The second kappa shape index (κ2) is 6.58. The van der Waals surface area contributed by atoms with E-state index in [-0.39, 0.29) is 11.7 Å². The molecule has 0 saturated heterocycles. The van der Waals surface area contributed by atoms with Gasteiger partial charge in [-0.2, -0.15) is 5.26 Å². The summed E-state index contributed by atoms with van der Waals surface area (Å²) >= 11 is 5.97. The van der Waals surface area contributed by atoms with Crippen LogP contribution in [0.5, 0.6) is 0 Å². The monoisotopic (exact) mass is 254 g/mol. The molecule has 17 heavy (non-hydrogen) atoms. The highest BCUT2D eigenvalue weighted by Crippen LogP contribution is 2.21. The second-order valence-electron chi connectivity index (χ2n) is 4.06. The summed E-state index contributed by atoms with van der Waals surface area (Å²) in [6, 6.07) is 6.86. The largest absolute Gasteiger partial charge is 0.298 e. The van der Waals surface area contributed by atoms with Gasteiger partial charge in [-0.15, -0.1) is 0 Å². The van der Waals surface area contributed by atoms with Gasteiger partial charge in [0.2, 0.25) is 0 Å². The second-order valence-corrected chi connectivity index (χ2v) is 4.47. The topological polar surface area (TPSA) is 27.0 Å². The van der Waals surface area contributed by atoms with Gasteiger partial charge in [0, 0.05) is 23.7 Å². The highest BCUT2D eigenvalue weighted by molar-refractivity contribution is 6.31. The molecule has 0 aliphatic rings. The maximum atomic E-state index is 13.6. The zero-order chi connectivity index (χ0) is 12.8. The third-order valence-electron chi connectivity index (χ3n) is 2.64. The van der Waals surface area contributed by atoms with E-state index in [0.717, 1.165) is 6.54 Å². The molecule has 0 saturated carbocycles. The molecule has 1 unspecified atom stereocenters. The summed E-state index contributed by atoms with van der Waals surface area (Å²) in [5, 5.41) is 9.22. The first-order valence-corrected chi connectivity index (χ1v) is 6.01. The van der Waals surface area contributed by atoms with Crippen molar-refractivity contribution in [2.24, 2.45) is 5.92 Å². The molecule has 92 valence electrons. The third kappa shape index (κ3) is 3.99. The molecule has 1 rings (SSSR count). The minimum absolute atomic E-state index is 0.0690. The van der Waals surface area contributed by atoms with E-state index in [4.69, 9.17) is 16.9 Å². The number of nitriles is 1. The summed E-state index contributed by atoms with van der Waals surface area (Å²) in [5.74, 6) is -0.360. The van der Waals surface area contributed by atoms with Crippen LogP contribution in [0.2, 0.25) is 5.02 Å². The SMILES string of the molecule is CCN(Cc1c(F)cccc1Cl)CC(C)C#N. The van der Waals surface area contributed by atoms with Crippen LogP contribution < -0.4 is 0 Å². The van der Waals surface area contributed by atoms with Crippen molar-refractivity contribution in [1.82, 2.24) is 4.90 Å². The van der Waals surface area contributed by atoms with Gasteiger partial charge in [-0.25, -0.2) is 4.39 Å². The summed E-state index contributed by atoms with van der Waals surface area (Å²) in [6.45, 7) is 5.66. The first-order chi connectivity index (χ1) is 8.08. The van der Waals surface area contributed by atoms with Crippen molar-refractivity contribution in [3.8, 4) is 6.07 Å². The van der Waals surface area contributed by atoms with E-state index in [1.54, 1.807) is 12.1 Å². The van der Waals surface area contributed by atoms with E-state index in [9.17, 15) is 4.39 Å². The molecule has 0 N–H and O–H groups in total. The van der Waals surface area contributed by atoms with Crippen LogP contribution in [-0.4, -0.2) is 18.0 Å². The first kappa shape index (κ1) is 14.0. The standard InChI is InChI=1S/C13H16ClFN2/c1-3-17(8-10(2)7-16)9-11-12(14)5-4-6-13(11)15/h4-6,10H,3,8-9H2,1-2H3. The Hall–Kier alpha value is -1.11. The van der Waals surface area contributed by atoms with Crippen molar-refractivity contribution >= 4 is 11.6 Å². The zero-order valence-corrected chi connectivity index (χ0v) is 10.8. The van der Waals surface area contributed by atoms with Gasteiger partial charge in [-0.3, -0.25) is 4.90 Å². The van der Waals surface area contributed by atoms with Crippen LogP contribution in [0, 0.1) is 23.1 Å². The van der Waals surface area contributed by atoms with Crippen molar-refractivity contribution in [1.29, 1.82) is 5.26 Å². The van der Waals surface area contributed by atoms with Gasteiger partial charge in [0.05, 0.1) is 12.0 Å². The van der Waals surface area contributed by atoms with E-state index in [2.05, 4.69) is 6.07 Å². The normalized spacial score (nSPS) is 12.5. The highest BCUT2D eigenvalue weighted by atomic mass is 35.5. The predicted molar refractivity (Wildman–Crippen MR) is 67.1 cm³/mol. The Morgan fingerprint density at radius 3 is 2.76 bits per heavy atom. The predicted octanol–water partition coefficient (Wildman–Crippen LogP) is 3.46. The molecule has 0 aliphatic heterocycles. The minimum atomic E-state index is -0.291. The lowest BCUT2D eigenvalue weighted by molar-refractivity contribution is 0.257. The molecule has 0 amide bonds. The smallest absolute Gasteiger partial charge is 0.129 e. The molecule has 0 aliphatic carbocycles. The van der Waals surface area contributed by atoms with Crippen LogP contribution in [0.4, 0.5) is 4.39 Å². The van der Waals surface area contributed by atoms with E-state index in [0.29, 0.717) is 23.7 Å². The molecule has 4 heteroatoms. The molecule has 0 heterocycles. The van der Waals surface area contributed by atoms with Gasteiger partial charge in [0.1, 0.15) is 5.82 Å². The van der Waals surface area contributed by atoms with E-state index < -0.39 is 0 Å². The number of hydrogen-bond donors (Lipinski definition) is 0. The number of hydrogen-bond acceptors (Lipinski definition) is 2. The zero-order valence-electron chi connectivity index (χ0n) is 10.1. The molecular weight excluding hydrogens is 239 g/mol. The summed E-state index contributed by atoms with van der Waals surface area (Å²) in [6.07, 6.45) is 0. The lowest BCUT2D eigenvalue weighted by Crippen LogP contribution is -2.28. The Labute approximate surface area is 107 Å². The van der Waals surface area contributed by atoms with Gasteiger partial charge < -0.3 is 0 Å². The summed E-state index contributed by atoms with van der Waals surface area (Å²) in [5.41, 5.74) is 0.501. The molecule has 2 nitrogen and oxygen atoms in total. The van der Waals surface area contributed by atoms with Crippen molar-refractivity contribution in [2.75, 3.05) is 13.1 Å². The summed E-state index contributed by atoms with van der Waals surface area (Å²) < 4.78 is 13.6. The molecule has 0 spiro atoms. The molecular formula is C13H16ClFN2. The maximum Gasteiger partial charge on any atom is 0.129 e. The molecule has 1 aromatic carbocycles. The summed E-state index contributed by atoms with van der Waals surface area (Å²) in [4.78, 5) is 2.01. The Morgan fingerprint density at radius 1 is 1.53 bits per heavy atom. The van der Waals surface area contributed by atoms with E-state index in [1.807, 2.05) is 18.7 Å². The quantitative estimate of drug-likeness (QED) is 0.805.